The number of aromatic nitrogens is 2. The maximum absolute atomic E-state index is 11.6. The lowest BCUT2D eigenvalue weighted by atomic mass is 9.92. The molecule has 80 valence electrons. The first-order valence-corrected chi connectivity index (χ1v) is 4.69. The van der Waals surface area contributed by atoms with Crippen molar-refractivity contribution in [2.75, 3.05) is 0 Å². The summed E-state index contributed by atoms with van der Waals surface area (Å²) in [6, 6.07) is 0. The van der Waals surface area contributed by atoms with Gasteiger partial charge < -0.3 is 0 Å². The molecule has 1 saturated heterocycles. The Labute approximate surface area is 86.4 Å². The van der Waals surface area contributed by atoms with Crippen LogP contribution >= 0.6 is 0 Å². The van der Waals surface area contributed by atoms with Crippen LogP contribution in [0.1, 0.15) is 29.3 Å². The lowest BCUT2D eigenvalue weighted by Crippen LogP contribution is -2.50. The fourth-order valence-corrected chi connectivity index (χ4v) is 1.85. The summed E-state index contributed by atoms with van der Waals surface area (Å²) in [5.74, 6) is -0.806. The van der Waals surface area contributed by atoms with Gasteiger partial charge in [-0.1, -0.05) is 0 Å². The van der Waals surface area contributed by atoms with E-state index in [4.69, 9.17) is 0 Å². The van der Waals surface area contributed by atoms with Crippen molar-refractivity contribution in [1.82, 2.24) is 21.0 Å². The fourth-order valence-electron chi connectivity index (χ4n) is 1.85. The van der Waals surface area contributed by atoms with E-state index >= 15 is 0 Å². The molecular weight excluding hydrogens is 196 g/mol. The van der Waals surface area contributed by atoms with Gasteiger partial charge in [0.25, 0.3) is 0 Å². The smallest absolute Gasteiger partial charge is 0.246 e. The first-order chi connectivity index (χ1) is 7.09. The molecule has 3 N–H and O–H groups in total. The summed E-state index contributed by atoms with van der Waals surface area (Å²) in [7, 11) is 0. The third-order valence-corrected chi connectivity index (χ3v) is 2.56. The maximum atomic E-state index is 11.6. The molecular formula is C9H12N4O2. The second-order valence-corrected chi connectivity index (χ2v) is 3.64. The Hall–Kier alpha value is -1.85. The SMILES string of the molecule is Cc1n[nH]c(C)c1C1CC(=O)NNC1=O. The summed E-state index contributed by atoms with van der Waals surface area (Å²) in [5.41, 5.74) is 7.06. The molecule has 2 rings (SSSR count). The highest BCUT2D eigenvalue weighted by Crippen LogP contribution is 2.26. The maximum Gasteiger partial charge on any atom is 0.246 e. The van der Waals surface area contributed by atoms with E-state index in [1.165, 1.54) is 0 Å². The number of hydrogen-bond acceptors (Lipinski definition) is 3. The third-order valence-electron chi connectivity index (χ3n) is 2.56. The molecule has 1 aromatic rings. The molecule has 2 heterocycles. The molecule has 1 aromatic heterocycles. The van der Waals surface area contributed by atoms with Gasteiger partial charge in [0.15, 0.2) is 0 Å². The number of hydrogen-bond donors (Lipinski definition) is 3. The minimum absolute atomic E-state index is 0.174. The van der Waals surface area contributed by atoms with E-state index in [2.05, 4.69) is 21.0 Å². The number of nitrogens with zero attached hydrogens (tertiary/aromatic N) is 1. The van der Waals surface area contributed by atoms with Gasteiger partial charge >= 0.3 is 0 Å². The quantitative estimate of drug-likeness (QED) is 0.590. The van der Waals surface area contributed by atoms with E-state index in [-0.39, 0.29) is 18.2 Å². The van der Waals surface area contributed by atoms with Crippen LogP contribution in [-0.4, -0.2) is 22.0 Å². The first-order valence-electron chi connectivity index (χ1n) is 4.69. The lowest BCUT2D eigenvalue weighted by Gasteiger charge is -2.22. The minimum atomic E-state index is -0.433. The van der Waals surface area contributed by atoms with Crippen molar-refractivity contribution in [3.05, 3.63) is 17.0 Å². The molecule has 0 spiro atoms. The van der Waals surface area contributed by atoms with Crippen LogP contribution in [0.4, 0.5) is 0 Å². The number of aryl methyl sites for hydroxylation is 2. The van der Waals surface area contributed by atoms with Crippen LogP contribution in [0.5, 0.6) is 0 Å². The summed E-state index contributed by atoms with van der Waals surface area (Å²) in [4.78, 5) is 22.8. The number of carbonyl (C=O) groups excluding carboxylic acids is 2. The van der Waals surface area contributed by atoms with Gasteiger partial charge in [0.2, 0.25) is 11.8 Å². The van der Waals surface area contributed by atoms with Gasteiger partial charge in [0, 0.05) is 17.7 Å². The van der Waals surface area contributed by atoms with Gasteiger partial charge in [-0.2, -0.15) is 5.10 Å². The summed E-state index contributed by atoms with van der Waals surface area (Å²) in [6.45, 7) is 3.66. The number of rotatable bonds is 1. The van der Waals surface area contributed by atoms with Gasteiger partial charge in [-0.15, -0.1) is 0 Å². The van der Waals surface area contributed by atoms with Crippen LogP contribution in [0, 0.1) is 13.8 Å². The van der Waals surface area contributed by atoms with Crippen molar-refractivity contribution < 1.29 is 9.59 Å². The van der Waals surface area contributed by atoms with Gasteiger partial charge in [0.05, 0.1) is 11.6 Å². The molecule has 0 aromatic carbocycles. The second kappa shape index (κ2) is 3.38. The zero-order chi connectivity index (χ0) is 11.0. The molecule has 0 aliphatic carbocycles. The zero-order valence-corrected chi connectivity index (χ0v) is 8.55. The Bertz CT molecular complexity index is 404. The van der Waals surface area contributed by atoms with Crippen LogP contribution in [0.15, 0.2) is 0 Å². The van der Waals surface area contributed by atoms with Crippen LogP contribution in [-0.2, 0) is 9.59 Å². The molecule has 6 nitrogen and oxygen atoms in total. The number of carbonyl (C=O) groups is 2. The second-order valence-electron chi connectivity index (χ2n) is 3.64. The molecule has 1 fully saturated rings. The number of hydrazine groups is 1. The standard InChI is InChI=1S/C9H12N4O2/c1-4-8(5(2)11-10-4)6-3-7(14)12-13-9(6)15/h6H,3H2,1-2H3,(H,10,11)(H,12,14)(H,13,15). The lowest BCUT2D eigenvalue weighted by molar-refractivity contribution is -0.135. The molecule has 1 atom stereocenters. The average Bonchev–Trinajstić information content (AvgIpc) is 2.51. The zero-order valence-electron chi connectivity index (χ0n) is 8.55. The Morgan fingerprint density at radius 3 is 2.60 bits per heavy atom. The predicted molar refractivity (Wildman–Crippen MR) is 51.7 cm³/mol. The average molecular weight is 208 g/mol. The molecule has 6 heteroatoms. The highest BCUT2D eigenvalue weighted by Gasteiger charge is 2.31. The fraction of sp³-hybridized carbons (Fsp3) is 0.444. The first kappa shape index (κ1) is 9.70. The monoisotopic (exact) mass is 208 g/mol. The van der Waals surface area contributed by atoms with E-state index in [0.29, 0.717) is 0 Å². The van der Waals surface area contributed by atoms with Gasteiger partial charge in [-0.25, -0.2) is 0 Å². The summed E-state index contributed by atoms with van der Waals surface area (Å²) in [6.07, 6.45) is 0.174. The van der Waals surface area contributed by atoms with Crippen molar-refractivity contribution in [1.29, 1.82) is 0 Å². The van der Waals surface area contributed by atoms with E-state index in [0.717, 1.165) is 17.0 Å². The normalized spacial score (nSPS) is 21.1. The van der Waals surface area contributed by atoms with Crippen molar-refractivity contribution in [2.24, 2.45) is 0 Å². The Balaban J connectivity index is 2.36. The van der Waals surface area contributed by atoms with E-state index in [1.807, 2.05) is 13.8 Å². The van der Waals surface area contributed by atoms with Gasteiger partial charge in [-0.3, -0.25) is 25.5 Å². The highest BCUT2D eigenvalue weighted by atomic mass is 16.2. The minimum Gasteiger partial charge on any atom is -0.282 e. The van der Waals surface area contributed by atoms with Crippen LogP contribution < -0.4 is 10.9 Å². The van der Waals surface area contributed by atoms with Crippen molar-refractivity contribution >= 4 is 11.8 Å². The van der Waals surface area contributed by atoms with Gasteiger partial charge in [-0.05, 0) is 13.8 Å². The van der Waals surface area contributed by atoms with Crippen molar-refractivity contribution in [3.63, 3.8) is 0 Å². The number of nitrogens with one attached hydrogen (secondary N) is 3. The molecule has 2 amide bonds. The van der Waals surface area contributed by atoms with Crippen LogP contribution in [0.25, 0.3) is 0 Å². The Morgan fingerprint density at radius 2 is 2.00 bits per heavy atom. The van der Waals surface area contributed by atoms with Gasteiger partial charge in [0.1, 0.15) is 0 Å². The van der Waals surface area contributed by atoms with E-state index in [9.17, 15) is 9.59 Å². The van der Waals surface area contributed by atoms with E-state index < -0.39 is 5.92 Å². The highest BCUT2D eigenvalue weighted by molar-refractivity contribution is 5.94. The molecule has 1 aliphatic rings. The molecule has 1 unspecified atom stereocenters. The summed E-state index contributed by atoms with van der Waals surface area (Å²) < 4.78 is 0. The van der Waals surface area contributed by atoms with E-state index in [1.54, 1.807) is 0 Å². The molecule has 1 aliphatic heterocycles. The molecule has 0 bridgehead atoms. The number of amides is 2. The molecule has 0 radical (unpaired) electrons. The Morgan fingerprint density at radius 1 is 1.27 bits per heavy atom. The topological polar surface area (TPSA) is 86.9 Å². The van der Waals surface area contributed by atoms with Crippen LogP contribution in [0.2, 0.25) is 0 Å². The summed E-state index contributed by atoms with van der Waals surface area (Å²) in [5, 5.41) is 6.82. The molecule has 15 heavy (non-hydrogen) atoms. The summed E-state index contributed by atoms with van der Waals surface area (Å²) >= 11 is 0. The van der Waals surface area contributed by atoms with Crippen molar-refractivity contribution in [2.45, 2.75) is 26.2 Å². The molecule has 0 saturated carbocycles. The predicted octanol–water partition coefficient (Wildman–Crippen LogP) is -0.339. The van der Waals surface area contributed by atoms with Crippen LogP contribution in [0.3, 0.4) is 0 Å². The Kier molecular flexibility index (Phi) is 2.18. The number of aromatic amines is 1. The largest absolute Gasteiger partial charge is 0.282 e. The number of H-pyrrole nitrogens is 1. The third kappa shape index (κ3) is 1.58. The van der Waals surface area contributed by atoms with Crippen molar-refractivity contribution in [3.8, 4) is 0 Å².